The maximum absolute atomic E-state index is 5.76. The summed E-state index contributed by atoms with van der Waals surface area (Å²) in [5, 5.41) is 7.00. The van der Waals surface area contributed by atoms with E-state index < -0.39 is 0 Å². The zero-order valence-corrected chi connectivity index (χ0v) is 13.0. The first-order valence-electron chi connectivity index (χ1n) is 6.36. The Morgan fingerprint density at radius 1 is 0.950 bits per heavy atom. The van der Waals surface area contributed by atoms with Gasteiger partial charge in [-0.1, -0.05) is 54.6 Å². The molecule has 0 aliphatic carbocycles. The lowest BCUT2D eigenvalue weighted by molar-refractivity contribution is 1.10. The topological polar surface area (TPSA) is 54.7 Å². The number of hydrogen-bond donors (Lipinski definition) is 2. The van der Waals surface area contributed by atoms with Crippen LogP contribution in [0.15, 0.2) is 54.6 Å². The average molecular weight is 375 g/mol. The van der Waals surface area contributed by atoms with Crippen molar-refractivity contribution in [1.82, 2.24) is 10.2 Å². The standard InChI is InChI=1S/C16H14IN3/c17-14-15(19-20-16(14)18)13-8-6-12(7-9-13)10-11-4-2-1-3-5-11/h1-9H,10H2,(H3,18,19,20). The maximum atomic E-state index is 5.76. The second-order valence-electron chi connectivity index (χ2n) is 4.66. The number of aromatic nitrogens is 2. The molecule has 0 spiro atoms. The number of aromatic amines is 1. The molecule has 3 rings (SSSR count). The third-order valence-electron chi connectivity index (χ3n) is 3.23. The Bertz CT molecular complexity index is 702. The highest BCUT2D eigenvalue weighted by Gasteiger charge is 2.09. The van der Waals surface area contributed by atoms with Gasteiger partial charge in [-0.15, -0.1) is 0 Å². The Labute approximate surface area is 131 Å². The summed E-state index contributed by atoms with van der Waals surface area (Å²) in [6.45, 7) is 0. The van der Waals surface area contributed by atoms with Gasteiger partial charge in [-0.3, -0.25) is 5.10 Å². The fourth-order valence-electron chi connectivity index (χ4n) is 2.15. The highest BCUT2D eigenvalue weighted by molar-refractivity contribution is 14.1. The van der Waals surface area contributed by atoms with Crippen LogP contribution in [0.2, 0.25) is 0 Å². The van der Waals surface area contributed by atoms with Crippen LogP contribution in [0.5, 0.6) is 0 Å². The van der Waals surface area contributed by atoms with Gasteiger partial charge in [0.15, 0.2) is 5.82 Å². The van der Waals surface area contributed by atoms with Crippen LogP contribution < -0.4 is 5.73 Å². The number of hydrogen-bond acceptors (Lipinski definition) is 2. The molecule has 1 aromatic heterocycles. The minimum Gasteiger partial charge on any atom is -0.381 e. The molecule has 20 heavy (non-hydrogen) atoms. The van der Waals surface area contributed by atoms with E-state index in [0.717, 1.165) is 21.2 Å². The molecule has 0 radical (unpaired) electrons. The number of nitrogens with zero attached hydrogens (tertiary/aromatic N) is 1. The molecule has 0 aliphatic heterocycles. The molecule has 3 nitrogen and oxygen atoms in total. The van der Waals surface area contributed by atoms with Crippen molar-refractivity contribution in [2.45, 2.75) is 6.42 Å². The fourth-order valence-corrected chi connectivity index (χ4v) is 2.71. The SMILES string of the molecule is Nc1n[nH]c(-c2ccc(Cc3ccccc3)cc2)c1I. The van der Waals surface area contributed by atoms with Crippen LogP contribution in [0.3, 0.4) is 0 Å². The van der Waals surface area contributed by atoms with Crippen molar-refractivity contribution in [3.05, 3.63) is 69.3 Å². The molecule has 0 amide bonds. The molecule has 0 bridgehead atoms. The number of halogens is 1. The minimum atomic E-state index is 0.550. The zero-order valence-electron chi connectivity index (χ0n) is 10.8. The molecule has 0 aliphatic rings. The molecule has 3 aromatic rings. The van der Waals surface area contributed by atoms with Crippen molar-refractivity contribution in [3.63, 3.8) is 0 Å². The molecule has 4 heteroatoms. The van der Waals surface area contributed by atoms with Crippen LogP contribution in [0, 0.1) is 3.57 Å². The molecule has 100 valence electrons. The number of H-pyrrole nitrogens is 1. The predicted molar refractivity (Wildman–Crippen MR) is 90.4 cm³/mol. The molecule has 0 saturated carbocycles. The van der Waals surface area contributed by atoms with Crippen LogP contribution in [-0.2, 0) is 6.42 Å². The van der Waals surface area contributed by atoms with Gasteiger partial charge in [0, 0.05) is 5.56 Å². The number of benzene rings is 2. The van der Waals surface area contributed by atoms with Crippen LogP contribution in [0.4, 0.5) is 5.82 Å². The molecule has 3 N–H and O–H groups in total. The highest BCUT2D eigenvalue weighted by Crippen LogP contribution is 2.27. The van der Waals surface area contributed by atoms with Gasteiger partial charge in [-0.25, -0.2) is 0 Å². The highest BCUT2D eigenvalue weighted by atomic mass is 127. The van der Waals surface area contributed by atoms with Crippen LogP contribution >= 0.6 is 22.6 Å². The monoisotopic (exact) mass is 375 g/mol. The Kier molecular flexibility index (Phi) is 3.73. The van der Waals surface area contributed by atoms with Crippen molar-refractivity contribution in [2.24, 2.45) is 0 Å². The number of nitrogens with one attached hydrogen (secondary N) is 1. The van der Waals surface area contributed by atoms with Gasteiger partial charge in [-0.05, 0) is 40.1 Å². The van der Waals surface area contributed by atoms with E-state index in [4.69, 9.17) is 5.73 Å². The molecule has 0 saturated heterocycles. The first kappa shape index (κ1) is 13.2. The summed E-state index contributed by atoms with van der Waals surface area (Å²) >= 11 is 2.21. The van der Waals surface area contributed by atoms with E-state index in [-0.39, 0.29) is 0 Å². The van der Waals surface area contributed by atoms with Gasteiger partial charge in [-0.2, -0.15) is 5.10 Å². The van der Waals surface area contributed by atoms with E-state index in [1.807, 2.05) is 6.07 Å². The largest absolute Gasteiger partial charge is 0.381 e. The first-order valence-corrected chi connectivity index (χ1v) is 7.44. The van der Waals surface area contributed by atoms with E-state index in [0.29, 0.717) is 5.82 Å². The smallest absolute Gasteiger partial charge is 0.159 e. The molecular formula is C16H14IN3. The third kappa shape index (κ3) is 2.70. The zero-order chi connectivity index (χ0) is 13.9. The van der Waals surface area contributed by atoms with Gasteiger partial charge in [0.1, 0.15) is 0 Å². The Hall–Kier alpha value is -1.82. The van der Waals surface area contributed by atoms with Crippen molar-refractivity contribution >= 4 is 28.4 Å². The molecular weight excluding hydrogens is 361 g/mol. The number of rotatable bonds is 3. The van der Waals surface area contributed by atoms with Crippen molar-refractivity contribution < 1.29 is 0 Å². The number of nitrogens with two attached hydrogens (primary N) is 1. The third-order valence-corrected chi connectivity index (χ3v) is 4.32. The first-order chi connectivity index (χ1) is 9.74. The fraction of sp³-hybridized carbons (Fsp3) is 0.0625. The van der Waals surface area contributed by atoms with Crippen molar-refractivity contribution in [3.8, 4) is 11.3 Å². The van der Waals surface area contributed by atoms with Crippen LogP contribution in [0.25, 0.3) is 11.3 Å². The summed E-state index contributed by atoms with van der Waals surface area (Å²) < 4.78 is 0.971. The summed E-state index contributed by atoms with van der Waals surface area (Å²) in [7, 11) is 0. The summed E-state index contributed by atoms with van der Waals surface area (Å²) in [4.78, 5) is 0. The lowest BCUT2D eigenvalue weighted by atomic mass is 10.0. The Morgan fingerprint density at radius 2 is 1.60 bits per heavy atom. The van der Waals surface area contributed by atoms with Crippen LogP contribution in [-0.4, -0.2) is 10.2 Å². The van der Waals surface area contributed by atoms with Gasteiger partial charge in [0.2, 0.25) is 0 Å². The molecule has 0 unspecified atom stereocenters. The summed E-state index contributed by atoms with van der Waals surface area (Å²) in [6.07, 6.45) is 0.948. The normalized spacial score (nSPS) is 10.7. The van der Waals surface area contributed by atoms with Crippen molar-refractivity contribution in [1.29, 1.82) is 0 Å². The van der Waals surface area contributed by atoms with Gasteiger partial charge >= 0.3 is 0 Å². The van der Waals surface area contributed by atoms with E-state index in [1.165, 1.54) is 11.1 Å². The second-order valence-corrected chi connectivity index (χ2v) is 5.74. The molecule has 2 aromatic carbocycles. The minimum absolute atomic E-state index is 0.550. The van der Waals surface area contributed by atoms with E-state index >= 15 is 0 Å². The summed E-state index contributed by atoms with van der Waals surface area (Å²) in [5.41, 5.74) is 10.5. The maximum Gasteiger partial charge on any atom is 0.159 e. The van der Waals surface area contributed by atoms with Gasteiger partial charge in [0.25, 0.3) is 0 Å². The lowest BCUT2D eigenvalue weighted by Gasteiger charge is -2.04. The Morgan fingerprint density at radius 3 is 2.20 bits per heavy atom. The van der Waals surface area contributed by atoms with E-state index in [1.54, 1.807) is 0 Å². The summed E-state index contributed by atoms with van der Waals surface area (Å²) in [6, 6.07) is 19.0. The quantitative estimate of drug-likeness (QED) is 0.684. The summed E-state index contributed by atoms with van der Waals surface area (Å²) in [5.74, 6) is 0.550. The molecule has 0 atom stereocenters. The molecule has 1 heterocycles. The lowest BCUT2D eigenvalue weighted by Crippen LogP contribution is -1.89. The second kappa shape index (κ2) is 5.66. The van der Waals surface area contributed by atoms with Gasteiger partial charge in [0.05, 0.1) is 9.26 Å². The van der Waals surface area contributed by atoms with Crippen LogP contribution in [0.1, 0.15) is 11.1 Å². The molecule has 0 fully saturated rings. The Balaban J connectivity index is 1.83. The average Bonchev–Trinajstić information content (AvgIpc) is 2.81. The predicted octanol–water partition coefficient (Wildman–Crippen LogP) is 3.85. The van der Waals surface area contributed by atoms with E-state index in [2.05, 4.69) is 81.3 Å². The van der Waals surface area contributed by atoms with Gasteiger partial charge < -0.3 is 5.73 Å². The number of nitrogen functional groups attached to an aromatic ring is 1. The van der Waals surface area contributed by atoms with E-state index in [9.17, 15) is 0 Å². The number of anilines is 1. The van der Waals surface area contributed by atoms with Crippen molar-refractivity contribution in [2.75, 3.05) is 5.73 Å².